The van der Waals surface area contributed by atoms with Crippen molar-refractivity contribution in [3.8, 4) is 21.1 Å². The largest absolute Gasteiger partial charge is 0.455 e. The van der Waals surface area contributed by atoms with Gasteiger partial charge in [-0.05, 0) is 13.8 Å². The minimum Gasteiger partial charge on any atom is -0.455 e. The minimum atomic E-state index is -0.359. The van der Waals surface area contributed by atoms with E-state index in [0.717, 1.165) is 26.8 Å². The molecule has 0 atom stereocenters. The van der Waals surface area contributed by atoms with E-state index in [0.29, 0.717) is 10.6 Å². The van der Waals surface area contributed by atoms with E-state index in [1.807, 2.05) is 42.6 Å². The Morgan fingerprint density at radius 2 is 1.64 bits per heavy atom. The van der Waals surface area contributed by atoms with E-state index in [2.05, 4.69) is 41.2 Å². The molecule has 2 heterocycles. The van der Waals surface area contributed by atoms with Gasteiger partial charge in [-0.1, -0.05) is 60.2 Å². The van der Waals surface area contributed by atoms with Crippen LogP contribution in [0.15, 0.2) is 60.0 Å². The van der Waals surface area contributed by atoms with Crippen LogP contribution in [0.2, 0.25) is 0 Å². The number of carbonyl (C=O) groups excluding carboxylic acids is 1. The molecule has 0 spiro atoms. The Morgan fingerprint density at radius 3 is 2.39 bits per heavy atom. The lowest BCUT2D eigenvalue weighted by Crippen LogP contribution is -2.05. The maximum Gasteiger partial charge on any atom is 0.350 e. The molecule has 0 fully saturated rings. The molecule has 0 amide bonds. The summed E-state index contributed by atoms with van der Waals surface area (Å²) >= 11 is 2.90. The summed E-state index contributed by atoms with van der Waals surface area (Å²) < 4.78 is 5.49. The van der Waals surface area contributed by atoms with Gasteiger partial charge in [0.25, 0.3) is 0 Å². The Kier molecular flexibility index (Phi) is 5.32. The maximum atomic E-state index is 12.5. The zero-order valence-corrected chi connectivity index (χ0v) is 17.1. The van der Waals surface area contributed by atoms with Gasteiger partial charge >= 0.3 is 5.97 Å². The summed E-state index contributed by atoms with van der Waals surface area (Å²) in [4.78, 5) is 22.1. The summed E-state index contributed by atoms with van der Waals surface area (Å²) in [5.41, 5.74) is 4.71. The third kappa shape index (κ3) is 4.03. The van der Waals surface area contributed by atoms with Crippen molar-refractivity contribution in [1.29, 1.82) is 0 Å². The second kappa shape index (κ2) is 8.04. The van der Waals surface area contributed by atoms with E-state index in [1.165, 1.54) is 16.9 Å². The van der Waals surface area contributed by atoms with Gasteiger partial charge in [0.2, 0.25) is 0 Å². The Hall–Kier alpha value is -2.83. The number of thiazole rings is 2. The second-order valence-electron chi connectivity index (χ2n) is 6.39. The van der Waals surface area contributed by atoms with Crippen LogP contribution in [0.3, 0.4) is 0 Å². The molecule has 2 aromatic carbocycles. The number of hydrogen-bond acceptors (Lipinski definition) is 6. The Balaban J connectivity index is 1.44. The average Bonchev–Trinajstić information content (AvgIpc) is 3.34. The summed E-state index contributed by atoms with van der Waals surface area (Å²) in [6, 6.07) is 18.1. The van der Waals surface area contributed by atoms with Gasteiger partial charge in [0.05, 0.1) is 11.4 Å². The molecule has 140 valence electrons. The van der Waals surface area contributed by atoms with Crippen LogP contribution >= 0.6 is 22.7 Å². The van der Waals surface area contributed by atoms with Crippen LogP contribution in [0.4, 0.5) is 0 Å². The smallest absolute Gasteiger partial charge is 0.350 e. The molecule has 4 rings (SSSR count). The van der Waals surface area contributed by atoms with Crippen LogP contribution in [0.1, 0.15) is 26.6 Å². The van der Waals surface area contributed by atoms with E-state index >= 15 is 0 Å². The van der Waals surface area contributed by atoms with Crippen LogP contribution < -0.4 is 0 Å². The number of hydrogen-bond donors (Lipinski definition) is 0. The van der Waals surface area contributed by atoms with Crippen molar-refractivity contribution in [1.82, 2.24) is 9.97 Å². The fraction of sp³-hybridized carbons (Fsp3) is 0.136. The van der Waals surface area contributed by atoms with Crippen LogP contribution in [-0.4, -0.2) is 15.9 Å². The van der Waals surface area contributed by atoms with Gasteiger partial charge in [0, 0.05) is 16.5 Å². The molecule has 28 heavy (non-hydrogen) atoms. The van der Waals surface area contributed by atoms with Gasteiger partial charge in [-0.3, -0.25) is 0 Å². The first-order valence-corrected chi connectivity index (χ1v) is 10.5. The van der Waals surface area contributed by atoms with Crippen molar-refractivity contribution in [3.05, 3.63) is 81.8 Å². The standard InChI is InChI=1S/C22H18N2O2S2/c1-14-8-10-17(11-9-14)20-24-18(13-27-20)12-26-22(25)19-15(2)23-21(28-19)16-6-4-3-5-7-16/h3-11,13H,12H2,1-2H3. The predicted octanol–water partition coefficient (Wildman–Crippen LogP) is 5.91. The predicted molar refractivity (Wildman–Crippen MR) is 114 cm³/mol. The molecule has 0 radical (unpaired) electrons. The van der Waals surface area contributed by atoms with E-state index < -0.39 is 0 Å². The van der Waals surface area contributed by atoms with Crippen molar-refractivity contribution in [2.24, 2.45) is 0 Å². The van der Waals surface area contributed by atoms with E-state index in [9.17, 15) is 4.79 Å². The zero-order valence-electron chi connectivity index (χ0n) is 15.5. The number of rotatable bonds is 5. The van der Waals surface area contributed by atoms with Crippen molar-refractivity contribution in [2.45, 2.75) is 20.5 Å². The highest BCUT2D eigenvalue weighted by Crippen LogP contribution is 2.29. The third-order valence-electron chi connectivity index (χ3n) is 4.20. The van der Waals surface area contributed by atoms with Gasteiger partial charge in [-0.25, -0.2) is 14.8 Å². The molecule has 4 aromatic rings. The summed E-state index contributed by atoms with van der Waals surface area (Å²) in [5.74, 6) is -0.359. The number of esters is 1. The van der Waals surface area contributed by atoms with Crippen molar-refractivity contribution < 1.29 is 9.53 Å². The van der Waals surface area contributed by atoms with E-state index in [4.69, 9.17) is 4.74 Å². The molecular weight excluding hydrogens is 388 g/mol. The van der Waals surface area contributed by atoms with Gasteiger partial charge < -0.3 is 4.74 Å². The molecule has 0 aliphatic carbocycles. The molecule has 0 aliphatic heterocycles. The molecule has 0 saturated heterocycles. The second-order valence-corrected chi connectivity index (χ2v) is 8.24. The number of aryl methyl sites for hydroxylation is 2. The zero-order chi connectivity index (χ0) is 19.5. The third-order valence-corrected chi connectivity index (χ3v) is 6.33. The number of carbonyl (C=O) groups is 1. The van der Waals surface area contributed by atoms with Gasteiger partial charge in [0.1, 0.15) is 21.5 Å². The molecule has 4 nitrogen and oxygen atoms in total. The van der Waals surface area contributed by atoms with Crippen LogP contribution in [-0.2, 0) is 11.3 Å². The highest BCUT2D eigenvalue weighted by molar-refractivity contribution is 7.17. The Bertz CT molecular complexity index is 1100. The SMILES string of the molecule is Cc1ccc(-c2nc(COC(=O)c3sc(-c4ccccc4)nc3C)cs2)cc1. The number of benzene rings is 2. The number of nitrogens with zero attached hydrogens (tertiary/aromatic N) is 2. The first kappa shape index (κ1) is 18.5. The fourth-order valence-corrected chi connectivity index (χ4v) is 4.47. The molecule has 6 heteroatoms. The fourth-order valence-electron chi connectivity index (χ4n) is 2.70. The van der Waals surface area contributed by atoms with Gasteiger partial charge in [-0.2, -0.15) is 0 Å². The molecular formula is C22H18N2O2S2. The highest BCUT2D eigenvalue weighted by atomic mass is 32.1. The topological polar surface area (TPSA) is 52.1 Å². The molecule has 0 unspecified atom stereocenters. The lowest BCUT2D eigenvalue weighted by Gasteiger charge is -2.01. The molecule has 0 N–H and O–H groups in total. The Labute approximate surface area is 171 Å². The molecule has 0 saturated carbocycles. The van der Waals surface area contributed by atoms with Crippen LogP contribution in [0.5, 0.6) is 0 Å². The highest BCUT2D eigenvalue weighted by Gasteiger charge is 2.18. The van der Waals surface area contributed by atoms with Gasteiger partial charge in [-0.15, -0.1) is 22.7 Å². The van der Waals surface area contributed by atoms with Crippen molar-refractivity contribution >= 4 is 28.6 Å². The van der Waals surface area contributed by atoms with Crippen LogP contribution in [0, 0.1) is 13.8 Å². The van der Waals surface area contributed by atoms with E-state index in [1.54, 1.807) is 11.3 Å². The lowest BCUT2D eigenvalue weighted by molar-refractivity contribution is 0.0473. The van der Waals surface area contributed by atoms with E-state index in [-0.39, 0.29) is 12.6 Å². The Morgan fingerprint density at radius 1 is 0.929 bits per heavy atom. The molecule has 0 bridgehead atoms. The quantitative estimate of drug-likeness (QED) is 0.387. The summed E-state index contributed by atoms with van der Waals surface area (Å²) in [6.07, 6.45) is 0. The summed E-state index contributed by atoms with van der Waals surface area (Å²) in [5, 5.41) is 3.67. The van der Waals surface area contributed by atoms with Crippen molar-refractivity contribution in [3.63, 3.8) is 0 Å². The maximum absolute atomic E-state index is 12.5. The molecule has 0 aliphatic rings. The first-order valence-electron chi connectivity index (χ1n) is 8.81. The monoisotopic (exact) mass is 406 g/mol. The first-order chi connectivity index (χ1) is 13.6. The summed E-state index contributed by atoms with van der Waals surface area (Å²) in [7, 11) is 0. The molecule has 2 aromatic heterocycles. The minimum absolute atomic E-state index is 0.152. The van der Waals surface area contributed by atoms with Crippen LogP contribution in [0.25, 0.3) is 21.1 Å². The number of aromatic nitrogens is 2. The average molecular weight is 407 g/mol. The summed E-state index contributed by atoms with van der Waals surface area (Å²) in [6.45, 7) is 4.04. The van der Waals surface area contributed by atoms with Crippen molar-refractivity contribution in [2.75, 3.05) is 0 Å². The lowest BCUT2D eigenvalue weighted by atomic mass is 10.2. The van der Waals surface area contributed by atoms with Gasteiger partial charge in [0.15, 0.2) is 0 Å². The number of ether oxygens (including phenoxy) is 1. The normalized spacial score (nSPS) is 10.8.